The Morgan fingerprint density at radius 3 is 2.29 bits per heavy atom. The molecule has 0 aliphatic rings. The molecular weight excluding hydrogens is 174 g/mol. The molecule has 0 spiro atoms. The largest absolute Gasteiger partial charge is 0.496 e. The van der Waals surface area contributed by atoms with E-state index in [0.717, 1.165) is 11.3 Å². The number of hydrogen-bond acceptors (Lipinski definition) is 2. The maximum absolute atomic E-state index is 6.17. The molecule has 2 heteroatoms. The van der Waals surface area contributed by atoms with Gasteiger partial charge in [-0.05, 0) is 11.5 Å². The minimum Gasteiger partial charge on any atom is -0.496 e. The van der Waals surface area contributed by atoms with Gasteiger partial charge in [0.15, 0.2) is 0 Å². The standard InChI is InChI=1S/C12H19NO/c1-12(2,3)11(13)9-7-5-6-8-10(9)14-4/h5-8,11H,13H2,1-4H3. The highest BCUT2D eigenvalue weighted by molar-refractivity contribution is 5.36. The Morgan fingerprint density at radius 2 is 1.79 bits per heavy atom. The van der Waals surface area contributed by atoms with Crippen LogP contribution in [0, 0.1) is 5.41 Å². The maximum Gasteiger partial charge on any atom is 0.123 e. The third-order valence-corrected chi connectivity index (χ3v) is 2.41. The zero-order chi connectivity index (χ0) is 10.8. The average Bonchev–Trinajstić information content (AvgIpc) is 2.15. The monoisotopic (exact) mass is 193 g/mol. The van der Waals surface area contributed by atoms with Crippen molar-refractivity contribution in [3.8, 4) is 5.75 Å². The number of rotatable bonds is 2. The van der Waals surface area contributed by atoms with Gasteiger partial charge in [0.25, 0.3) is 0 Å². The molecule has 1 aromatic rings. The van der Waals surface area contributed by atoms with Crippen molar-refractivity contribution in [1.82, 2.24) is 0 Å². The van der Waals surface area contributed by atoms with Gasteiger partial charge in [-0.2, -0.15) is 0 Å². The van der Waals surface area contributed by atoms with Gasteiger partial charge in [-0.3, -0.25) is 0 Å². The van der Waals surface area contributed by atoms with Crippen molar-refractivity contribution < 1.29 is 4.74 Å². The number of methoxy groups -OCH3 is 1. The zero-order valence-electron chi connectivity index (χ0n) is 9.37. The van der Waals surface area contributed by atoms with Crippen LogP contribution in [0.5, 0.6) is 5.75 Å². The second kappa shape index (κ2) is 4.01. The lowest BCUT2D eigenvalue weighted by Crippen LogP contribution is -2.26. The van der Waals surface area contributed by atoms with E-state index < -0.39 is 0 Å². The Balaban J connectivity index is 3.06. The molecule has 14 heavy (non-hydrogen) atoms. The lowest BCUT2D eigenvalue weighted by atomic mass is 9.83. The maximum atomic E-state index is 6.17. The average molecular weight is 193 g/mol. The molecule has 78 valence electrons. The summed E-state index contributed by atoms with van der Waals surface area (Å²) in [5.74, 6) is 0.870. The summed E-state index contributed by atoms with van der Waals surface area (Å²) in [5.41, 5.74) is 7.29. The summed E-state index contributed by atoms with van der Waals surface area (Å²) < 4.78 is 5.28. The predicted molar refractivity (Wildman–Crippen MR) is 59.4 cm³/mol. The van der Waals surface area contributed by atoms with Crippen molar-refractivity contribution in [2.75, 3.05) is 7.11 Å². The fourth-order valence-electron chi connectivity index (χ4n) is 1.39. The van der Waals surface area contributed by atoms with Crippen LogP contribution < -0.4 is 10.5 Å². The topological polar surface area (TPSA) is 35.2 Å². The van der Waals surface area contributed by atoms with Crippen molar-refractivity contribution in [2.45, 2.75) is 26.8 Å². The normalized spacial score (nSPS) is 13.8. The molecule has 0 aliphatic carbocycles. The van der Waals surface area contributed by atoms with Crippen molar-refractivity contribution >= 4 is 0 Å². The van der Waals surface area contributed by atoms with Crippen LogP contribution in [-0.4, -0.2) is 7.11 Å². The Morgan fingerprint density at radius 1 is 1.21 bits per heavy atom. The minimum atomic E-state index is -0.00125. The zero-order valence-corrected chi connectivity index (χ0v) is 9.37. The van der Waals surface area contributed by atoms with Crippen LogP contribution in [-0.2, 0) is 0 Å². The summed E-state index contributed by atoms with van der Waals surface area (Å²) in [6.45, 7) is 6.39. The van der Waals surface area contributed by atoms with Gasteiger partial charge in [-0.15, -0.1) is 0 Å². The Kier molecular flexibility index (Phi) is 3.17. The van der Waals surface area contributed by atoms with Crippen molar-refractivity contribution in [1.29, 1.82) is 0 Å². The van der Waals surface area contributed by atoms with E-state index >= 15 is 0 Å². The van der Waals surface area contributed by atoms with Gasteiger partial charge in [0.1, 0.15) is 5.75 Å². The van der Waals surface area contributed by atoms with Crippen LogP contribution in [0.2, 0.25) is 0 Å². The van der Waals surface area contributed by atoms with E-state index in [0.29, 0.717) is 0 Å². The van der Waals surface area contributed by atoms with E-state index in [1.54, 1.807) is 7.11 Å². The molecule has 0 amide bonds. The molecule has 0 saturated carbocycles. The van der Waals surface area contributed by atoms with Gasteiger partial charge in [-0.25, -0.2) is 0 Å². The summed E-state index contributed by atoms with van der Waals surface area (Å²) in [5, 5.41) is 0. The van der Waals surface area contributed by atoms with Crippen molar-refractivity contribution in [3.63, 3.8) is 0 Å². The Labute approximate surface area is 86.1 Å². The number of ether oxygens (including phenoxy) is 1. The highest BCUT2D eigenvalue weighted by Crippen LogP contribution is 2.34. The second-order valence-electron chi connectivity index (χ2n) is 4.59. The molecule has 2 N–H and O–H groups in total. The van der Waals surface area contributed by atoms with Gasteiger partial charge >= 0.3 is 0 Å². The lowest BCUT2D eigenvalue weighted by molar-refractivity contribution is 0.314. The highest BCUT2D eigenvalue weighted by Gasteiger charge is 2.24. The van der Waals surface area contributed by atoms with Crippen LogP contribution in [0.4, 0.5) is 0 Å². The smallest absolute Gasteiger partial charge is 0.123 e. The molecule has 0 saturated heterocycles. The number of hydrogen-bond donors (Lipinski definition) is 1. The lowest BCUT2D eigenvalue weighted by Gasteiger charge is -2.28. The van der Waals surface area contributed by atoms with Gasteiger partial charge in [0.05, 0.1) is 7.11 Å². The molecule has 2 nitrogen and oxygen atoms in total. The van der Waals surface area contributed by atoms with Crippen molar-refractivity contribution in [2.24, 2.45) is 11.1 Å². The van der Waals surface area contributed by atoms with E-state index in [2.05, 4.69) is 20.8 Å². The first-order valence-electron chi connectivity index (χ1n) is 4.85. The highest BCUT2D eigenvalue weighted by atomic mass is 16.5. The summed E-state index contributed by atoms with van der Waals surface area (Å²) in [6, 6.07) is 7.91. The molecule has 0 bridgehead atoms. The third-order valence-electron chi connectivity index (χ3n) is 2.41. The quantitative estimate of drug-likeness (QED) is 0.783. The molecular formula is C12H19NO. The SMILES string of the molecule is COc1ccccc1C(N)C(C)(C)C. The molecule has 0 radical (unpaired) electrons. The van der Waals surface area contributed by atoms with Crippen LogP contribution >= 0.6 is 0 Å². The fraction of sp³-hybridized carbons (Fsp3) is 0.500. The predicted octanol–water partition coefficient (Wildman–Crippen LogP) is 2.74. The molecule has 1 atom stereocenters. The van der Waals surface area contributed by atoms with Crippen LogP contribution in [0.15, 0.2) is 24.3 Å². The van der Waals surface area contributed by atoms with Crippen LogP contribution in [0.3, 0.4) is 0 Å². The van der Waals surface area contributed by atoms with E-state index in [9.17, 15) is 0 Å². The van der Waals surface area contributed by atoms with E-state index in [1.165, 1.54) is 0 Å². The second-order valence-corrected chi connectivity index (χ2v) is 4.59. The molecule has 0 aliphatic heterocycles. The van der Waals surface area contributed by atoms with Crippen molar-refractivity contribution in [3.05, 3.63) is 29.8 Å². The number of para-hydroxylation sites is 1. The molecule has 1 aromatic carbocycles. The summed E-state index contributed by atoms with van der Waals surface area (Å²) in [6.07, 6.45) is 0. The first-order valence-corrected chi connectivity index (χ1v) is 4.85. The van der Waals surface area contributed by atoms with Gasteiger partial charge in [0.2, 0.25) is 0 Å². The minimum absolute atomic E-state index is 0.00125. The summed E-state index contributed by atoms with van der Waals surface area (Å²) in [4.78, 5) is 0. The van der Waals surface area contributed by atoms with Gasteiger partial charge < -0.3 is 10.5 Å². The van der Waals surface area contributed by atoms with E-state index in [1.807, 2.05) is 24.3 Å². The number of nitrogens with two attached hydrogens (primary N) is 1. The molecule has 1 rings (SSSR count). The van der Waals surface area contributed by atoms with E-state index in [-0.39, 0.29) is 11.5 Å². The first-order chi connectivity index (χ1) is 6.46. The van der Waals surface area contributed by atoms with Crippen LogP contribution in [0.1, 0.15) is 32.4 Å². The van der Waals surface area contributed by atoms with E-state index in [4.69, 9.17) is 10.5 Å². The third kappa shape index (κ3) is 2.26. The van der Waals surface area contributed by atoms with Crippen LogP contribution in [0.25, 0.3) is 0 Å². The van der Waals surface area contributed by atoms with Gasteiger partial charge in [-0.1, -0.05) is 39.0 Å². The molecule has 0 fully saturated rings. The molecule has 0 aromatic heterocycles. The summed E-state index contributed by atoms with van der Waals surface area (Å²) in [7, 11) is 1.67. The van der Waals surface area contributed by atoms with Gasteiger partial charge in [0, 0.05) is 11.6 Å². The number of benzene rings is 1. The molecule has 1 unspecified atom stereocenters. The summed E-state index contributed by atoms with van der Waals surface area (Å²) >= 11 is 0. The first kappa shape index (κ1) is 11.1. The Bertz CT molecular complexity index is 301. The molecule has 0 heterocycles. The Hall–Kier alpha value is -1.02. The fourth-order valence-corrected chi connectivity index (χ4v) is 1.39.